The molecule has 0 spiro atoms. The lowest BCUT2D eigenvalue weighted by atomic mass is 9.99. The van der Waals surface area contributed by atoms with Crippen LogP contribution in [-0.4, -0.2) is 47.0 Å². The Kier molecular flexibility index (Phi) is 4.04. The number of rotatable bonds is 4. The zero-order valence-corrected chi connectivity index (χ0v) is 9.95. The quantitative estimate of drug-likeness (QED) is 0.799. The largest absolute Gasteiger partial charge is 0.396 e. The fourth-order valence-electron chi connectivity index (χ4n) is 2.08. The number of nitrogens with zero attached hydrogens (tertiary/aromatic N) is 2. The lowest BCUT2D eigenvalue weighted by Crippen LogP contribution is -2.39. The number of aliphatic hydroxyl groups is 1. The van der Waals surface area contributed by atoms with Gasteiger partial charge in [0.25, 0.3) is 0 Å². The Morgan fingerprint density at radius 3 is 3.25 bits per heavy atom. The van der Waals surface area contributed by atoms with Crippen molar-refractivity contribution in [2.24, 2.45) is 5.92 Å². The Labute approximate surface area is 98.9 Å². The van der Waals surface area contributed by atoms with Crippen molar-refractivity contribution in [3.63, 3.8) is 0 Å². The average molecular weight is 240 g/mol. The smallest absolute Gasteiger partial charge is 0.205 e. The van der Waals surface area contributed by atoms with E-state index in [2.05, 4.69) is 9.88 Å². The number of carbonyl (C=O) groups is 1. The van der Waals surface area contributed by atoms with Crippen molar-refractivity contribution in [1.29, 1.82) is 0 Å². The van der Waals surface area contributed by atoms with Gasteiger partial charge in [-0.3, -0.25) is 9.69 Å². The summed E-state index contributed by atoms with van der Waals surface area (Å²) >= 11 is 1.39. The summed E-state index contributed by atoms with van der Waals surface area (Å²) in [6.07, 6.45) is 3.79. The molecule has 0 radical (unpaired) electrons. The first-order chi connectivity index (χ1) is 7.79. The van der Waals surface area contributed by atoms with Crippen molar-refractivity contribution < 1.29 is 9.90 Å². The lowest BCUT2D eigenvalue weighted by molar-refractivity contribution is 0.0833. The zero-order chi connectivity index (χ0) is 11.4. The minimum Gasteiger partial charge on any atom is -0.396 e. The van der Waals surface area contributed by atoms with Crippen LogP contribution in [0.3, 0.4) is 0 Å². The van der Waals surface area contributed by atoms with E-state index in [1.54, 1.807) is 6.20 Å². The van der Waals surface area contributed by atoms with Crippen LogP contribution in [0.15, 0.2) is 11.6 Å². The maximum absolute atomic E-state index is 11.8. The third-order valence-electron chi connectivity index (χ3n) is 2.90. The van der Waals surface area contributed by atoms with Crippen molar-refractivity contribution in [1.82, 2.24) is 9.88 Å². The molecule has 1 saturated heterocycles. The van der Waals surface area contributed by atoms with Gasteiger partial charge in [0, 0.05) is 24.7 Å². The molecule has 1 aromatic heterocycles. The highest BCUT2D eigenvalue weighted by Gasteiger charge is 2.21. The van der Waals surface area contributed by atoms with Crippen molar-refractivity contribution >= 4 is 17.1 Å². The monoisotopic (exact) mass is 240 g/mol. The maximum atomic E-state index is 11.8. The molecular weight excluding hydrogens is 224 g/mol. The highest BCUT2D eigenvalue weighted by Crippen LogP contribution is 2.16. The van der Waals surface area contributed by atoms with Crippen LogP contribution < -0.4 is 0 Å². The van der Waals surface area contributed by atoms with Crippen LogP contribution in [0.5, 0.6) is 0 Å². The number of hydrogen-bond acceptors (Lipinski definition) is 5. The minimum atomic E-state index is 0.0913. The van der Waals surface area contributed by atoms with Crippen molar-refractivity contribution in [2.75, 3.05) is 26.2 Å². The number of ketones is 1. The lowest BCUT2D eigenvalue weighted by Gasteiger charge is -2.30. The van der Waals surface area contributed by atoms with E-state index in [9.17, 15) is 4.79 Å². The van der Waals surface area contributed by atoms with Crippen LogP contribution in [0.4, 0.5) is 0 Å². The molecule has 5 heteroatoms. The predicted octanol–water partition coefficient (Wildman–Crippen LogP) is 1.03. The molecule has 0 aliphatic carbocycles. The highest BCUT2D eigenvalue weighted by atomic mass is 32.1. The van der Waals surface area contributed by atoms with Gasteiger partial charge in [0.2, 0.25) is 5.78 Å². The van der Waals surface area contributed by atoms with Gasteiger partial charge < -0.3 is 5.11 Å². The van der Waals surface area contributed by atoms with Crippen molar-refractivity contribution in [2.45, 2.75) is 12.8 Å². The molecule has 1 aliphatic heterocycles. The minimum absolute atomic E-state index is 0.0913. The second-order valence-electron chi connectivity index (χ2n) is 4.19. The first-order valence-corrected chi connectivity index (χ1v) is 6.43. The van der Waals surface area contributed by atoms with Crippen LogP contribution in [0, 0.1) is 5.92 Å². The Bertz CT molecular complexity index is 340. The fourth-order valence-corrected chi connectivity index (χ4v) is 2.64. The molecule has 88 valence electrons. The summed E-state index contributed by atoms with van der Waals surface area (Å²) in [5.74, 6) is 0.423. The van der Waals surface area contributed by atoms with Gasteiger partial charge in [-0.2, -0.15) is 0 Å². The third kappa shape index (κ3) is 2.87. The molecule has 2 rings (SSSR count). The first-order valence-electron chi connectivity index (χ1n) is 5.55. The maximum Gasteiger partial charge on any atom is 0.205 e. The Morgan fingerprint density at radius 2 is 2.56 bits per heavy atom. The summed E-state index contributed by atoms with van der Waals surface area (Å²) in [7, 11) is 0. The molecule has 1 atom stereocenters. The normalized spacial score (nSPS) is 22.2. The molecule has 1 N–H and O–H groups in total. The summed E-state index contributed by atoms with van der Waals surface area (Å²) in [4.78, 5) is 17.9. The van der Waals surface area contributed by atoms with Crippen LogP contribution in [0.1, 0.15) is 22.6 Å². The summed E-state index contributed by atoms with van der Waals surface area (Å²) in [5, 5.41) is 11.5. The second-order valence-corrected chi connectivity index (χ2v) is 5.08. The molecule has 1 unspecified atom stereocenters. The van der Waals surface area contributed by atoms with Crippen LogP contribution in [0.25, 0.3) is 0 Å². The van der Waals surface area contributed by atoms with Crippen LogP contribution in [0.2, 0.25) is 0 Å². The van der Waals surface area contributed by atoms with Gasteiger partial charge in [-0.15, -0.1) is 11.3 Å². The fraction of sp³-hybridized carbons (Fsp3) is 0.636. The topological polar surface area (TPSA) is 53.4 Å². The molecular formula is C11H16N2O2S. The molecule has 1 fully saturated rings. The number of hydrogen-bond donors (Lipinski definition) is 1. The molecule has 0 saturated carbocycles. The third-order valence-corrected chi connectivity index (χ3v) is 3.71. The number of Topliss-reactive ketones (excluding diaryl/α,β-unsaturated/α-hetero) is 1. The van der Waals surface area contributed by atoms with E-state index in [4.69, 9.17) is 5.11 Å². The van der Waals surface area contributed by atoms with Gasteiger partial charge in [0.15, 0.2) is 5.01 Å². The van der Waals surface area contributed by atoms with E-state index >= 15 is 0 Å². The summed E-state index contributed by atoms with van der Waals surface area (Å²) in [6, 6.07) is 0. The van der Waals surface area contributed by atoms with Gasteiger partial charge in [0.1, 0.15) is 0 Å². The number of aromatic nitrogens is 1. The van der Waals surface area contributed by atoms with E-state index in [1.165, 1.54) is 11.3 Å². The van der Waals surface area contributed by atoms with Gasteiger partial charge in [0.05, 0.1) is 6.54 Å². The molecule has 1 aliphatic rings. The predicted molar refractivity (Wildman–Crippen MR) is 62.7 cm³/mol. The number of aliphatic hydroxyl groups excluding tert-OH is 1. The average Bonchev–Trinajstić information content (AvgIpc) is 2.83. The SMILES string of the molecule is O=C(CN1CCCC(CO)C1)c1nccs1. The molecule has 0 aromatic carbocycles. The Hall–Kier alpha value is -0.780. The molecule has 0 bridgehead atoms. The molecule has 2 heterocycles. The van der Waals surface area contributed by atoms with Crippen molar-refractivity contribution in [3.05, 3.63) is 16.6 Å². The van der Waals surface area contributed by atoms with Gasteiger partial charge in [-0.25, -0.2) is 4.98 Å². The van der Waals surface area contributed by atoms with Gasteiger partial charge >= 0.3 is 0 Å². The van der Waals surface area contributed by atoms with Crippen LogP contribution >= 0.6 is 11.3 Å². The number of carbonyl (C=O) groups excluding carboxylic acids is 1. The van der Waals surface area contributed by atoms with E-state index in [1.807, 2.05) is 5.38 Å². The van der Waals surface area contributed by atoms with Crippen molar-refractivity contribution in [3.8, 4) is 0 Å². The molecule has 1 aromatic rings. The van der Waals surface area contributed by atoms with Gasteiger partial charge in [-0.05, 0) is 25.3 Å². The molecule has 4 nitrogen and oxygen atoms in total. The first kappa shape index (κ1) is 11.7. The standard InChI is InChI=1S/C11H16N2O2S/c14-8-9-2-1-4-13(6-9)7-10(15)11-12-3-5-16-11/h3,5,9,14H,1-2,4,6-8H2. The van der Waals surface area contributed by atoms with E-state index in [-0.39, 0.29) is 12.4 Å². The van der Waals surface area contributed by atoms with Gasteiger partial charge in [-0.1, -0.05) is 0 Å². The molecule has 0 amide bonds. The Morgan fingerprint density at radius 1 is 1.69 bits per heavy atom. The number of thiazole rings is 1. The Balaban J connectivity index is 1.87. The number of piperidine rings is 1. The molecule has 16 heavy (non-hydrogen) atoms. The van der Waals surface area contributed by atoms with E-state index in [0.717, 1.165) is 25.9 Å². The van der Waals surface area contributed by atoms with Crippen LogP contribution in [-0.2, 0) is 0 Å². The van der Waals surface area contributed by atoms with E-state index in [0.29, 0.717) is 17.5 Å². The zero-order valence-electron chi connectivity index (χ0n) is 9.13. The number of likely N-dealkylation sites (tertiary alicyclic amines) is 1. The summed E-state index contributed by atoms with van der Waals surface area (Å²) in [5.41, 5.74) is 0. The second kappa shape index (κ2) is 5.52. The highest BCUT2D eigenvalue weighted by molar-refractivity contribution is 7.11. The summed E-state index contributed by atoms with van der Waals surface area (Å²) in [6.45, 7) is 2.44. The summed E-state index contributed by atoms with van der Waals surface area (Å²) < 4.78 is 0. The van der Waals surface area contributed by atoms with E-state index < -0.39 is 0 Å².